The van der Waals surface area contributed by atoms with Crippen molar-refractivity contribution in [2.75, 3.05) is 31.1 Å². The molecule has 43 heavy (non-hydrogen) atoms. The average Bonchev–Trinajstić information content (AvgIpc) is 3.54. The van der Waals surface area contributed by atoms with Gasteiger partial charge in [-0.1, -0.05) is 31.7 Å². The minimum atomic E-state index is -4.37. The van der Waals surface area contributed by atoms with Crippen molar-refractivity contribution in [3.63, 3.8) is 0 Å². The van der Waals surface area contributed by atoms with Gasteiger partial charge in [0.05, 0.1) is 29.6 Å². The highest BCUT2D eigenvalue weighted by Crippen LogP contribution is 2.36. The standard InChI is InChI=1S/C17H22N2O4.C14H12F3N3/c1-2-18-9-7-17(8-10-18)12-19(16(22)23-17)14-5-3-13(4-6-14)11-15(20)21;1-3-9(8-18-4-2)13-19-11-6-5-10(14(15,16)17)7-12(11)20-13/h3-6H,2,7-12H2,1H3,(H,20,21);3-8H,2H2,1H3,(H,19,20)/b;9-3+,18-8?. The van der Waals surface area contributed by atoms with Crippen LogP contribution >= 0.6 is 0 Å². The highest BCUT2D eigenvalue weighted by molar-refractivity contribution is 6.09. The molecule has 0 radical (unpaired) electrons. The van der Waals surface area contributed by atoms with Gasteiger partial charge in [0, 0.05) is 49.6 Å². The minimum Gasteiger partial charge on any atom is -0.481 e. The third-order valence-electron chi connectivity index (χ3n) is 7.50. The van der Waals surface area contributed by atoms with Crippen molar-refractivity contribution in [3.8, 4) is 0 Å². The number of alkyl halides is 3. The number of anilines is 1. The van der Waals surface area contributed by atoms with Crippen molar-refractivity contribution in [1.29, 1.82) is 0 Å². The molecule has 12 heteroatoms. The number of carboxylic acid groups (broad SMARTS) is 1. The maximum absolute atomic E-state index is 12.6. The number of allylic oxidation sites excluding steroid dienone is 2. The van der Waals surface area contributed by atoms with Crippen LogP contribution in [0.3, 0.4) is 0 Å². The third kappa shape index (κ3) is 7.69. The maximum atomic E-state index is 12.6. The first-order chi connectivity index (χ1) is 20.5. The van der Waals surface area contributed by atoms with Gasteiger partial charge in [0.1, 0.15) is 11.4 Å². The number of carbonyl (C=O) groups excluding carboxylic acids is 1. The number of aliphatic carboxylic acids is 1. The molecule has 2 N–H and O–H groups in total. The Bertz CT molecular complexity index is 1520. The summed E-state index contributed by atoms with van der Waals surface area (Å²) in [5.74, 6) is -0.396. The second-order valence-electron chi connectivity index (χ2n) is 10.3. The number of fused-ring (bicyclic) bond motifs is 1. The van der Waals surface area contributed by atoms with Crippen LogP contribution in [0.5, 0.6) is 0 Å². The van der Waals surface area contributed by atoms with Gasteiger partial charge in [0.2, 0.25) is 0 Å². The van der Waals surface area contributed by atoms with Crippen LogP contribution in [0.1, 0.15) is 43.6 Å². The number of imidazole rings is 1. The Labute approximate surface area is 247 Å². The molecule has 1 aromatic heterocycles. The molecule has 5 rings (SSSR count). The van der Waals surface area contributed by atoms with Gasteiger partial charge in [0.25, 0.3) is 0 Å². The van der Waals surface area contributed by atoms with Gasteiger partial charge in [-0.15, -0.1) is 0 Å². The van der Waals surface area contributed by atoms with Crippen LogP contribution in [-0.4, -0.2) is 70.0 Å². The summed E-state index contributed by atoms with van der Waals surface area (Å²) in [4.78, 5) is 38.0. The molecule has 1 amide bonds. The van der Waals surface area contributed by atoms with Crippen LogP contribution in [-0.2, 0) is 22.1 Å². The van der Waals surface area contributed by atoms with E-state index in [-0.39, 0.29) is 18.1 Å². The predicted molar refractivity (Wildman–Crippen MR) is 159 cm³/mol. The number of H-pyrrole nitrogens is 1. The summed E-state index contributed by atoms with van der Waals surface area (Å²) >= 11 is 0. The van der Waals surface area contributed by atoms with E-state index in [0.29, 0.717) is 29.0 Å². The highest BCUT2D eigenvalue weighted by Gasteiger charge is 2.47. The SMILES string of the molecule is C=CN=C/C(=C\C)c1nc2ccc(C(F)(F)F)cc2[nH]1.CCN1CCC2(CC1)CN(c1ccc(CC(=O)O)cc1)C(=O)O2. The summed E-state index contributed by atoms with van der Waals surface area (Å²) in [7, 11) is 0. The van der Waals surface area contributed by atoms with Gasteiger partial charge in [-0.25, -0.2) is 9.78 Å². The van der Waals surface area contributed by atoms with E-state index in [0.717, 1.165) is 55.9 Å². The first kappa shape index (κ1) is 31.5. The number of amides is 1. The molecule has 0 aliphatic carbocycles. The molecule has 2 saturated heterocycles. The number of aromatic amines is 1. The van der Waals surface area contributed by atoms with Crippen LogP contribution in [0.4, 0.5) is 23.7 Å². The van der Waals surface area contributed by atoms with Crippen LogP contribution in [0.15, 0.2) is 66.3 Å². The summed E-state index contributed by atoms with van der Waals surface area (Å²) in [5, 5.41) is 8.81. The number of piperidine rings is 1. The second-order valence-corrected chi connectivity index (χ2v) is 10.3. The Morgan fingerprint density at radius 3 is 2.49 bits per heavy atom. The number of likely N-dealkylation sites (tertiary alicyclic amines) is 1. The lowest BCUT2D eigenvalue weighted by Gasteiger charge is -2.36. The fraction of sp³-hybridized carbons (Fsp3) is 0.355. The molecule has 0 unspecified atom stereocenters. The lowest BCUT2D eigenvalue weighted by molar-refractivity contribution is -0.138. The van der Waals surface area contributed by atoms with E-state index < -0.39 is 17.7 Å². The number of aliphatic imine (C=N–C) groups is 1. The van der Waals surface area contributed by atoms with Crippen LogP contribution in [0, 0.1) is 0 Å². The zero-order valence-corrected chi connectivity index (χ0v) is 24.0. The van der Waals surface area contributed by atoms with Gasteiger partial charge in [-0.3, -0.25) is 14.7 Å². The zero-order chi connectivity index (χ0) is 31.2. The molecule has 0 saturated carbocycles. The average molecular weight is 598 g/mol. The monoisotopic (exact) mass is 597 g/mol. The Hall–Kier alpha value is -4.45. The van der Waals surface area contributed by atoms with E-state index in [1.807, 2.05) is 0 Å². The topological polar surface area (TPSA) is 111 Å². The third-order valence-corrected chi connectivity index (χ3v) is 7.50. The van der Waals surface area contributed by atoms with Crippen LogP contribution in [0.2, 0.25) is 0 Å². The van der Waals surface area contributed by atoms with Crippen LogP contribution < -0.4 is 4.90 Å². The van der Waals surface area contributed by atoms with Gasteiger partial charge < -0.3 is 19.7 Å². The number of halogens is 3. The van der Waals surface area contributed by atoms with Crippen molar-refractivity contribution < 1.29 is 32.6 Å². The fourth-order valence-electron chi connectivity index (χ4n) is 5.06. The number of hydrogen-bond donors (Lipinski definition) is 2. The molecule has 2 aromatic carbocycles. The Balaban J connectivity index is 0.000000199. The Morgan fingerprint density at radius 2 is 1.91 bits per heavy atom. The van der Waals surface area contributed by atoms with Gasteiger partial charge >= 0.3 is 18.2 Å². The molecule has 228 valence electrons. The predicted octanol–water partition coefficient (Wildman–Crippen LogP) is 6.32. The van der Waals surface area contributed by atoms with Gasteiger partial charge in [-0.2, -0.15) is 13.2 Å². The van der Waals surface area contributed by atoms with E-state index in [4.69, 9.17) is 9.84 Å². The molecular formula is C31H34F3N5O4. The van der Waals surface area contributed by atoms with Crippen molar-refractivity contribution in [1.82, 2.24) is 14.9 Å². The number of nitrogens with zero attached hydrogens (tertiary/aromatic N) is 4. The summed E-state index contributed by atoms with van der Waals surface area (Å²) in [5.41, 5.74) is 1.89. The Morgan fingerprint density at radius 1 is 1.21 bits per heavy atom. The largest absolute Gasteiger partial charge is 0.481 e. The molecular weight excluding hydrogens is 563 g/mol. The molecule has 0 atom stereocenters. The molecule has 3 heterocycles. The second kappa shape index (κ2) is 13.2. The first-order valence-corrected chi connectivity index (χ1v) is 13.9. The van der Waals surface area contributed by atoms with Crippen LogP contribution in [0.25, 0.3) is 16.6 Å². The quantitative estimate of drug-likeness (QED) is 0.308. The number of carboxylic acids is 1. The van der Waals surface area contributed by atoms with Crippen molar-refractivity contribution in [2.24, 2.45) is 4.99 Å². The fourth-order valence-corrected chi connectivity index (χ4v) is 5.06. The number of ether oxygens (including phenoxy) is 1. The Kier molecular flexibility index (Phi) is 9.70. The van der Waals surface area contributed by atoms with Crippen molar-refractivity contribution in [3.05, 3.63) is 78.3 Å². The van der Waals surface area contributed by atoms with E-state index in [2.05, 4.69) is 33.4 Å². The summed E-state index contributed by atoms with van der Waals surface area (Å²) in [6, 6.07) is 10.5. The van der Waals surface area contributed by atoms with E-state index >= 15 is 0 Å². The number of rotatable bonds is 7. The molecule has 2 fully saturated rings. The highest BCUT2D eigenvalue weighted by atomic mass is 19.4. The van der Waals surface area contributed by atoms with E-state index in [1.54, 1.807) is 42.2 Å². The zero-order valence-electron chi connectivity index (χ0n) is 24.0. The minimum absolute atomic E-state index is 0.0124. The lowest BCUT2D eigenvalue weighted by atomic mass is 9.91. The normalized spacial score (nSPS) is 17.3. The molecule has 2 aliphatic rings. The maximum Gasteiger partial charge on any atom is 0.416 e. The molecule has 1 spiro atoms. The van der Waals surface area contributed by atoms with Gasteiger partial charge in [-0.05, 0) is 49.4 Å². The van der Waals surface area contributed by atoms with E-state index in [9.17, 15) is 22.8 Å². The number of nitrogens with one attached hydrogen (secondary N) is 1. The van der Waals surface area contributed by atoms with E-state index in [1.165, 1.54) is 18.5 Å². The summed E-state index contributed by atoms with van der Waals surface area (Å²) < 4.78 is 43.6. The smallest absolute Gasteiger partial charge is 0.416 e. The molecule has 2 aliphatic heterocycles. The first-order valence-electron chi connectivity index (χ1n) is 13.9. The van der Waals surface area contributed by atoms with Crippen molar-refractivity contribution >= 4 is 40.6 Å². The summed E-state index contributed by atoms with van der Waals surface area (Å²) in [6.07, 6.45) is 1.70. The number of carbonyl (C=O) groups is 2. The van der Waals surface area contributed by atoms with Gasteiger partial charge in [0.15, 0.2) is 0 Å². The number of benzene rings is 2. The molecule has 0 bridgehead atoms. The van der Waals surface area contributed by atoms with Crippen molar-refractivity contribution in [2.45, 2.75) is 44.9 Å². The number of hydrogen-bond acceptors (Lipinski definition) is 6. The molecule has 9 nitrogen and oxygen atoms in total. The molecule has 3 aromatic rings. The number of aromatic nitrogens is 2. The summed E-state index contributed by atoms with van der Waals surface area (Å²) in [6.45, 7) is 10.9. The lowest BCUT2D eigenvalue weighted by Crippen LogP contribution is -2.46.